The maximum absolute atomic E-state index is 13.7. The molecule has 194 valence electrons. The Hall–Kier alpha value is -2.89. The number of rotatable bonds is 6. The van der Waals surface area contributed by atoms with Gasteiger partial charge in [0.15, 0.2) is 0 Å². The summed E-state index contributed by atoms with van der Waals surface area (Å²) in [6.07, 6.45) is 5.77. The van der Waals surface area contributed by atoms with Gasteiger partial charge in [0.05, 0.1) is 12.7 Å². The molecule has 5 nitrogen and oxygen atoms in total. The lowest BCUT2D eigenvalue weighted by atomic mass is 9.55. The number of benzene rings is 3. The van der Waals surface area contributed by atoms with Gasteiger partial charge in [-0.25, -0.2) is 0 Å². The number of aliphatic hydroxyl groups is 1. The molecule has 2 aliphatic carbocycles. The predicted octanol–water partition coefficient (Wildman–Crippen LogP) is 5.26. The number of methoxy groups -OCH3 is 1. The quantitative estimate of drug-likeness (QED) is 0.504. The largest absolute Gasteiger partial charge is 0.497 e. The fraction of sp³-hybridized carbons (Fsp3) is 0.469. The van der Waals surface area contributed by atoms with Crippen molar-refractivity contribution in [2.75, 3.05) is 33.8 Å². The van der Waals surface area contributed by atoms with Crippen LogP contribution in [0.1, 0.15) is 54.4 Å². The molecular weight excluding hydrogens is 460 g/mol. The highest BCUT2D eigenvalue weighted by Gasteiger charge is 2.58. The first-order valence-electron chi connectivity index (χ1n) is 13.8. The van der Waals surface area contributed by atoms with Crippen molar-refractivity contribution in [3.63, 3.8) is 0 Å². The molecule has 3 aromatic carbocycles. The minimum atomic E-state index is -0.824. The number of ether oxygens (including phenoxy) is 1. The molecule has 6 rings (SSSR count). The smallest absolute Gasteiger partial charge is 0.253 e. The summed E-state index contributed by atoms with van der Waals surface area (Å²) in [5.41, 5.74) is 0.617. The molecule has 3 aromatic rings. The Bertz CT molecular complexity index is 1300. The molecule has 1 amide bonds. The third-order valence-electron chi connectivity index (χ3n) is 9.41. The summed E-state index contributed by atoms with van der Waals surface area (Å²) in [4.78, 5) is 18.1. The van der Waals surface area contributed by atoms with Gasteiger partial charge in [0.25, 0.3) is 5.91 Å². The molecule has 37 heavy (non-hydrogen) atoms. The van der Waals surface area contributed by atoms with Gasteiger partial charge in [0, 0.05) is 37.2 Å². The molecule has 0 bridgehead atoms. The lowest BCUT2D eigenvalue weighted by Crippen LogP contribution is -2.67. The number of fused-ring (bicyclic) bond motifs is 2. The summed E-state index contributed by atoms with van der Waals surface area (Å²) in [6, 6.07) is 22.4. The summed E-state index contributed by atoms with van der Waals surface area (Å²) in [5.74, 6) is 1.67. The molecule has 3 aliphatic rings. The van der Waals surface area contributed by atoms with Crippen molar-refractivity contribution in [1.29, 1.82) is 0 Å². The van der Waals surface area contributed by atoms with E-state index >= 15 is 0 Å². The second-order valence-corrected chi connectivity index (χ2v) is 11.6. The number of hydrogen-bond donors (Lipinski definition) is 1. The van der Waals surface area contributed by atoms with E-state index in [1.54, 1.807) is 7.11 Å². The number of nitrogens with zero attached hydrogens (tertiary/aromatic N) is 2. The lowest BCUT2D eigenvalue weighted by Gasteiger charge is -2.59. The Labute approximate surface area is 220 Å². The number of piperidine rings is 1. The number of hydrogen-bond acceptors (Lipinski definition) is 4. The van der Waals surface area contributed by atoms with E-state index in [2.05, 4.69) is 29.2 Å². The zero-order valence-electron chi connectivity index (χ0n) is 22.0. The number of amides is 1. The van der Waals surface area contributed by atoms with Crippen LogP contribution in [0.4, 0.5) is 0 Å². The monoisotopic (exact) mass is 498 g/mol. The molecule has 0 radical (unpaired) electrons. The zero-order valence-corrected chi connectivity index (χ0v) is 22.0. The van der Waals surface area contributed by atoms with E-state index in [0.29, 0.717) is 13.0 Å². The highest BCUT2D eigenvalue weighted by molar-refractivity contribution is 5.98. The predicted molar refractivity (Wildman–Crippen MR) is 147 cm³/mol. The van der Waals surface area contributed by atoms with Crippen LogP contribution in [0, 0.1) is 5.92 Å². The normalized spacial score (nSPS) is 28.0. The molecular formula is C32H38N2O3. The fourth-order valence-corrected chi connectivity index (χ4v) is 7.00. The maximum atomic E-state index is 13.7. The Morgan fingerprint density at radius 3 is 2.62 bits per heavy atom. The average Bonchev–Trinajstić information content (AvgIpc) is 3.75. The molecule has 0 spiro atoms. The van der Waals surface area contributed by atoms with E-state index in [4.69, 9.17) is 4.74 Å². The summed E-state index contributed by atoms with van der Waals surface area (Å²) in [6.45, 7) is 2.78. The molecule has 3 atom stereocenters. The van der Waals surface area contributed by atoms with Crippen LogP contribution in [-0.2, 0) is 5.41 Å². The minimum absolute atomic E-state index is 0.0492. The van der Waals surface area contributed by atoms with Gasteiger partial charge in [0.2, 0.25) is 0 Å². The first-order chi connectivity index (χ1) is 17.9. The Morgan fingerprint density at radius 2 is 1.84 bits per heavy atom. The van der Waals surface area contributed by atoms with Gasteiger partial charge < -0.3 is 19.6 Å². The minimum Gasteiger partial charge on any atom is -0.497 e. The van der Waals surface area contributed by atoms with Gasteiger partial charge in [-0.2, -0.15) is 0 Å². The van der Waals surface area contributed by atoms with Gasteiger partial charge >= 0.3 is 0 Å². The number of carbonyl (C=O) groups excluding carboxylic acids is 1. The number of β-amino-alcohol motifs (C(OH)–C–C–N with tert-alkyl or cyclic N) is 1. The van der Waals surface area contributed by atoms with E-state index in [1.165, 1.54) is 12.8 Å². The maximum Gasteiger partial charge on any atom is 0.253 e. The highest BCUT2D eigenvalue weighted by Crippen LogP contribution is 2.53. The van der Waals surface area contributed by atoms with Crippen molar-refractivity contribution in [3.05, 3.63) is 77.9 Å². The van der Waals surface area contributed by atoms with Gasteiger partial charge in [0.1, 0.15) is 5.75 Å². The van der Waals surface area contributed by atoms with Crippen LogP contribution >= 0.6 is 0 Å². The van der Waals surface area contributed by atoms with Crippen LogP contribution < -0.4 is 4.74 Å². The summed E-state index contributed by atoms with van der Waals surface area (Å²) in [7, 11) is 3.63. The molecule has 1 heterocycles. The lowest BCUT2D eigenvalue weighted by molar-refractivity contribution is -0.132. The van der Waals surface area contributed by atoms with Crippen molar-refractivity contribution < 1.29 is 14.6 Å². The third-order valence-corrected chi connectivity index (χ3v) is 9.41. The molecule has 3 unspecified atom stereocenters. The van der Waals surface area contributed by atoms with Gasteiger partial charge in [-0.1, -0.05) is 42.5 Å². The Balaban J connectivity index is 1.30. The van der Waals surface area contributed by atoms with Crippen molar-refractivity contribution in [2.45, 2.75) is 55.6 Å². The van der Waals surface area contributed by atoms with Gasteiger partial charge in [-0.3, -0.25) is 4.79 Å². The van der Waals surface area contributed by atoms with E-state index in [-0.39, 0.29) is 11.9 Å². The SMILES string of the molecule is COc1cccc(C23CCN(CC4CC4)CC2(O)CCC(N(C)C(=O)c2ccc4ccccc4c2)C3)c1. The molecule has 1 saturated heterocycles. The standard InChI is InChI=1S/C32H38N2O3/c1-33(30(35)26-13-12-24-6-3-4-7-25(24)18-26)28-14-15-32(36)22-34(21-23-10-11-23)17-16-31(32,20-28)27-8-5-9-29(19-27)37-2/h3-9,12-13,18-19,23,28,36H,10-11,14-17,20-22H2,1-2H3. The van der Waals surface area contributed by atoms with Crippen molar-refractivity contribution in [1.82, 2.24) is 9.80 Å². The van der Waals surface area contributed by atoms with Gasteiger partial charge in [-0.05, 0) is 91.6 Å². The van der Waals surface area contributed by atoms with Crippen LogP contribution in [0.5, 0.6) is 5.75 Å². The summed E-state index contributed by atoms with van der Waals surface area (Å²) < 4.78 is 5.59. The molecule has 1 aliphatic heterocycles. The van der Waals surface area contributed by atoms with Crippen molar-refractivity contribution in [3.8, 4) is 5.75 Å². The first kappa shape index (κ1) is 24.4. The number of likely N-dealkylation sites (tertiary alicyclic amines) is 1. The summed E-state index contributed by atoms with van der Waals surface area (Å²) in [5, 5.41) is 14.6. The van der Waals surface area contributed by atoms with Crippen molar-refractivity contribution >= 4 is 16.7 Å². The van der Waals surface area contributed by atoms with Crippen LogP contribution in [0.3, 0.4) is 0 Å². The Morgan fingerprint density at radius 1 is 1.03 bits per heavy atom. The first-order valence-corrected chi connectivity index (χ1v) is 13.8. The topological polar surface area (TPSA) is 53.0 Å². The second-order valence-electron chi connectivity index (χ2n) is 11.6. The molecule has 2 saturated carbocycles. The molecule has 1 N–H and O–H groups in total. The number of carbonyl (C=O) groups is 1. The third kappa shape index (κ3) is 4.42. The zero-order chi connectivity index (χ0) is 25.6. The average molecular weight is 499 g/mol. The summed E-state index contributed by atoms with van der Waals surface area (Å²) >= 11 is 0. The highest BCUT2D eigenvalue weighted by atomic mass is 16.5. The van der Waals surface area contributed by atoms with E-state index < -0.39 is 11.0 Å². The van der Waals surface area contributed by atoms with Crippen molar-refractivity contribution in [2.24, 2.45) is 5.92 Å². The van der Waals surface area contributed by atoms with E-state index in [0.717, 1.165) is 65.9 Å². The molecule has 0 aromatic heterocycles. The fourth-order valence-electron chi connectivity index (χ4n) is 7.00. The Kier molecular flexibility index (Phi) is 6.24. The van der Waals surface area contributed by atoms with E-state index in [1.807, 2.05) is 54.4 Å². The molecule has 3 fully saturated rings. The van der Waals surface area contributed by atoms with Gasteiger partial charge in [-0.15, -0.1) is 0 Å². The molecule has 5 heteroatoms. The second kappa shape index (κ2) is 9.45. The van der Waals surface area contributed by atoms with Crippen LogP contribution in [-0.4, -0.2) is 66.2 Å². The van der Waals surface area contributed by atoms with E-state index in [9.17, 15) is 9.90 Å². The van der Waals surface area contributed by atoms with Crippen LogP contribution in [0.15, 0.2) is 66.7 Å². The van der Waals surface area contributed by atoms with Crippen LogP contribution in [0.2, 0.25) is 0 Å². The van der Waals surface area contributed by atoms with Crippen LogP contribution in [0.25, 0.3) is 10.8 Å².